The number of hydrogen-bond acceptors (Lipinski definition) is 2. The van der Waals surface area contributed by atoms with Gasteiger partial charge in [0, 0.05) is 31.1 Å². The molecule has 0 aromatic heterocycles. The first kappa shape index (κ1) is 21.4. The van der Waals surface area contributed by atoms with E-state index in [1.807, 2.05) is 6.07 Å². The van der Waals surface area contributed by atoms with E-state index in [0.29, 0.717) is 19.1 Å². The zero-order valence-electron chi connectivity index (χ0n) is 18.3. The van der Waals surface area contributed by atoms with Crippen molar-refractivity contribution in [2.24, 2.45) is 0 Å². The van der Waals surface area contributed by atoms with Crippen LogP contribution in [0.25, 0.3) is 11.1 Å². The summed E-state index contributed by atoms with van der Waals surface area (Å²) < 4.78 is 0. The summed E-state index contributed by atoms with van der Waals surface area (Å²) in [6.07, 6.45) is 0.00551. The van der Waals surface area contributed by atoms with Crippen LogP contribution in [0.5, 0.6) is 0 Å². The Kier molecular flexibility index (Phi) is 6.33. The summed E-state index contributed by atoms with van der Waals surface area (Å²) in [6, 6.07) is 17.6. The number of nitrogens with zero attached hydrogens (tertiary/aromatic N) is 1. The maximum atomic E-state index is 11.6. The van der Waals surface area contributed by atoms with Crippen LogP contribution in [0.3, 0.4) is 0 Å². The highest BCUT2D eigenvalue weighted by Gasteiger charge is 2.36. The smallest absolute Gasteiger partial charge is 0.407 e. The Hall–Kier alpha value is -2.33. The summed E-state index contributed by atoms with van der Waals surface area (Å²) in [5.74, 6) is 0.283. The van der Waals surface area contributed by atoms with Gasteiger partial charge < -0.3 is 15.3 Å². The molecule has 4 nitrogen and oxygen atoms in total. The Morgan fingerprint density at radius 2 is 1.79 bits per heavy atom. The van der Waals surface area contributed by atoms with Crippen molar-refractivity contribution in [1.29, 1.82) is 0 Å². The first-order valence-electron chi connectivity index (χ1n) is 10.6. The Labute approximate surface area is 174 Å². The molecule has 2 aromatic rings. The molecule has 0 aliphatic carbocycles. The summed E-state index contributed by atoms with van der Waals surface area (Å²) in [5.41, 5.74) is 5.21. The Bertz CT molecular complexity index is 840. The van der Waals surface area contributed by atoms with Crippen LogP contribution in [-0.2, 0) is 5.41 Å². The SMILES string of the molecule is CC(C)N[C@@H]1CN(C(=O)O)CC[C@H]1c1cccc(-c2ccccc2)c1C(C)(C)C. The van der Waals surface area contributed by atoms with Gasteiger partial charge >= 0.3 is 6.09 Å². The van der Waals surface area contributed by atoms with Gasteiger partial charge in [-0.15, -0.1) is 0 Å². The third kappa shape index (κ3) is 4.81. The molecule has 0 radical (unpaired) electrons. The van der Waals surface area contributed by atoms with Gasteiger partial charge in [-0.2, -0.15) is 0 Å². The topological polar surface area (TPSA) is 52.6 Å². The summed E-state index contributed by atoms with van der Waals surface area (Å²) in [4.78, 5) is 13.1. The molecular weight excluding hydrogens is 360 g/mol. The van der Waals surface area contributed by atoms with E-state index in [4.69, 9.17) is 0 Å². The van der Waals surface area contributed by atoms with Crippen LogP contribution < -0.4 is 5.32 Å². The van der Waals surface area contributed by atoms with Crippen molar-refractivity contribution < 1.29 is 9.90 Å². The second-order valence-electron chi connectivity index (χ2n) is 9.44. The fourth-order valence-electron chi connectivity index (χ4n) is 4.67. The first-order chi connectivity index (χ1) is 13.7. The summed E-state index contributed by atoms with van der Waals surface area (Å²) >= 11 is 0. The van der Waals surface area contributed by atoms with Crippen molar-refractivity contribution in [2.75, 3.05) is 13.1 Å². The number of carbonyl (C=O) groups is 1. The zero-order chi connectivity index (χ0) is 21.2. The van der Waals surface area contributed by atoms with Gasteiger partial charge in [0.1, 0.15) is 0 Å². The van der Waals surface area contributed by atoms with Gasteiger partial charge in [-0.3, -0.25) is 0 Å². The second kappa shape index (κ2) is 8.58. The Morgan fingerprint density at radius 1 is 1.10 bits per heavy atom. The van der Waals surface area contributed by atoms with Gasteiger partial charge in [-0.25, -0.2) is 4.79 Å². The molecule has 1 aliphatic rings. The lowest BCUT2D eigenvalue weighted by atomic mass is 9.73. The highest BCUT2D eigenvalue weighted by atomic mass is 16.4. The average molecular weight is 395 g/mol. The number of amides is 1. The van der Waals surface area contributed by atoms with Gasteiger partial charge in [0.25, 0.3) is 0 Å². The normalized spacial score (nSPS) is 20.1. The minimum Gasteiger partial charge on any atom is -0.465 e. The number of rotatable bonds is 4. The van der Waals surface area contributed by atoms with Crippen molar-refractivity contribution in [1.82, 2.24) is 10.2 Å². The van der Waals surface area contributed by atoms with Gasteiger partial charge in [0.05, 0.1) is 0 Å². The lowest BCUT2D eigenvalue weighted by Crippen LogP contribution is -2.53. The molecule has 4 heteroatoms. The predicted octanol–water partition coefficient (Wildman–Crippen LogP) is 5.49. The molecule has 2 aromatic carbocycles. The molecule has 0 unspecified atom stereocenters. The maximum absolute atomic E-state index is 11.6. The molecule has 0 bridgehead atoms. The van der Waals surface area contributed by atoms with E-state index in [0.717, 1.165) is 6.42 Å². The quantitative estimate of drug-likeness (QED) is 0.721. The minimum atomic E-state index is -0.826. The summed E-state index contributed by atoms with van der Waals surface area (Å²) in [5, 5.41) is 13.2. The standard InChI is InChI=1S/C25H34N2O2/c1-17(2)26-22-16-27(24(28)29)15-14-20(22)21-13-9-12-19(23(21)25(3,4)5)18-10-7-6-8-11-18/h6-13,17,20,22,26H,14-16H2,1-5H3,(H,28,29)/t20-,22+/m0/s1. The molecule has 0 saturated carbocycles. The summed E-state index contributed by atoms with van der Waals surface area (Å²) in [7, 11) is 0. The van der Waals surface area contributed by atoms with Gasteiger partial charge in [-0.1, -0.05) is 83.1 Å². The average Bonchev–Trinajstić information content (AvgIpc) is 2.67. The highest BCUT2D eigenvalue weighted by molar-refractivity contribution is 5.71. The Balaban J connectivity index is 2.10. The van der Waals surface area contributed by atoms with Crippen LogP contribution in [0.1, 0.15) is 58.1 Å². The largest absolute Gasteiger partial charge is 0.465 e. The van der Waals surface area contributed by atoms with E-state index in [2.05, 4.69) is 82.4 Å². The van der Waals surface area contributed by atoms with E-state index >= 15 is 0 Å². The van der Waals surface area contributed by atoms with Crippen LogP contribution in [0, 0.1) is 0 Å². The van der Waals surface area contributed by atoms with Crippen molar-refractivity contribution in [3.05, 3.63) is 59.7 Å². The molecule has 1 saturated heterocycles. The molecule has 1 heterocycles. The van der Waals surface area contributed by atoms with E-state index in [-0.39, 0.29) is 17.4 Å². The van der Waals surface area contributed by atoms with Crippen LogP contribution in [0.15, 0.2) is 48.5 Å². The zero-order valence-corrected chi connectivity index (χ0v) is 18.3. The minimum absolute atomic E-state index is 0.0198. The van der Waals surface area contributed by atoms with Crippen LogP contribution >= 0.6 is 0 Å². The van der Waals surface area contributed by atoms with E-state index < -0.39 is 6.09 Å². The maximum Gasteiger partial charge on any atom is 0.407 e. The Morgan fingerprint density at radius 3 is 2.38 bits per heavy atom. The van der Waals surface area contributed by atoms with Gasteiger partial charge in [0.2, 0.25) is 0 Å². The van der Waals surface area contributed by atoms with E-state index in [1.165, 1.54) is 22.3 Å². The molecule has 2 atom stereocenters. The molecule has 1 fully saturated rings. The predicted molar refractivity (Wildman–Crippen MR) is 120 cm³/mol. The number of likely N-dealkylation sites (tertiary alicyclic amines) is 1. The van der Waals surface area contributed by atoms with Crippen molar-refractivity contribution in [3.63, 3.8) is 0 Å². The molecule has 2 N–H and O–H groups in total. The van der Waals surface area contributed by atoms with E-state index in [1.54, 1.807) is 4.90 Å². The number of nitrogens with one attached hydrogen (secondary N) is 1. The number of carboxylic acid groups (broad SMARTS) is 1. The van der Waals surface area contributed by atoms with Crippen LogP contribution in [0.4, 0.5) is 4.79 Å². The number of benzene rings is 2. The van der Waals surface area contributed by atoms with E-state index in [9.17, 15) is 9.90 Å². The molecule has 3 rings (SSSR count). The molecular formula is C25H34N2O2. The third-order valence-corrected chi connectivity index (χ3v) is 5.76. The third-order valence-electron chi connectivity index (χ3n) is 5.76. The second-order valence-corrected chi connectivity index (χ2v) is 9.44. The van der Waals surface area contributed by atoms with Crippen molar-refractivity contribution >= 4 is 6.09 Å². The molecule has 29 heavy (non-hydrogen) atoms. The lowest BCUT2D eigenvalue weighted by molar-refractivity contribution is 0.118. The molecule has 0 spiro atoms. The van der Waals surface area contributed by atoms with Gasteiger partial charge in [0.15, 0.2) is 0 Å². The lowest BCUT2D eigenvalue weighted by Gasteiger charge is -2.41. The fourth-order valence-corrected chi connectivity index (χ4v) is 4.67. The van der Waals surface area contributed by atoms with Crippen LogP contribution in [-0.4, -0.2) is 41.3 Å². The summed E-state index contributed by atoms with van der Waals surface area (Å²) in [6.45, 7) is 12.2. The monoisotopic (exact) mass is 394 g/mol. The fraction of sp³-hybridized carbons (Fsp3) is 0.480. The van der Waals surface area contributed by atoms with Crippen LogP contribution in [0.2, 0.25) is 0 Å². The first-order valence-corrected chi connectivity index (χ1v) is 10.6. The molecule has 156 valence electrons. The van der Waals surface area contributed by atoms with Gasteiger partial charge in [-0.05, 0) is 34.1 Å². The highest BCUT2D eigenvalue weighted by Crippen LogP contribution is 2.41. The number of piperidine rings is 1. The number of hydrogen-bond donors (Lipinski definition) is 2. The molecule has 1 aliphatic heterocycles. The van der Waals surface area contributed by atoms with Crippen molar-refractivity contribution in [2.45, 2.75) is 64.5 Å². The van der Waals surface area contributed by atoms with Crippen molar-refractivity contribution in [3.8, 4) is 11.1 Å². The molecule has 1 amide bonds.